The van der Waals surface area contributed by atoms with Gasteiger partial charge in [0.05, 0.1) is 22.9 Å². The van der Waals surface area contributed by atoms with Gasteiger partial charge in [0.2, 0.25) is 0 Å². The Labute approximate surface area is 229 Å². The summed E-state index contributed by atoms with van der Waals surface area (Å²) in [5.41, 5.74) is 3.92. The third-order valence-electron chi connectivity index (χ3n) is 7.01. The fraction of sp³-hybridized carbons (Fsp3) is 0.259. The Morgan fingerprint density at radius 3 is 2.58 bits per heavy atom. The van der Waals surface area contributed by atoms with E-state index in [1.54, 1.807) is 28.5 Å². The minimum absolute atomic E-state index is 0.000999. The van der Waals surface area contributed by atoms with Gasteiger partial charge in [-0.3, -0.25) is 14.3 Å². The number of benzene rings is 2. The molecule has 0 saturated heterocycles. The third kappa shape index (κ3) is 4.12. The van der Waals surface area contributed by atoms with Crippen molar-refractivity contribution in [3.05, 3.63) is 81.7 Å². The van der Waals surface area contributed by atoms with Crippen LogP contribution in [-0.2, 0) is 24.8 Å². The average Bonchev–Trinajstić information content (AvgIpc) is 3.45. The summed E-state index contributed by atoms with van der Waals surface area (Å²) in [6.45, 7) is 0.772. The van der Waals surface area contributed by atoms with E-state index in [2.05, 4.69) is 10.2 Å². The van der Waals surface area contributed by atoms with Crippen LogP contribution in [0.4, 0.5) is 5.69 Å². The summed E-state index contributed by atoms with van der Waals surface area (Å²) >= 11 is 13.2. The molecule has 2 amide bonds. The molecule has 4 aromatic rings. The Balaban J connectivity index is 1.28. The molecule has 0 radical (unpaired) electrons. The summed E-state index contributed by atoms with van der Waals surface area (Å²) in [4.78, 5) is 30.2. The number of carbonyl (C=O) groups excluding carboxylic acids is 2. The molecule has 194 valence electrons. The molecule has 0 N–H and O–H groups in total. The number of aromatic nitrogens is 4. The van der Waals surface area contributed by atoms with Gasteiger partial charge in [0.1, 0.15) is 23.6 Å². The van der Waals surface area contributed by atoms with Crippen LogP contribution >= 0.6 is 23.2 Å². The molecule has 0 aliphatic carbocycles. The van der Waals surface area contributed by atoms with Crippen LogP contribution in [0.25, 0.3) is 11.3 Å². The first-order chi connectivity index (χ1) is 18.3. The van der Waals surface area contributed by atoms with E-state index in [9.17, 15) is 9.59 Å². The molecular weight excluding hydrogens is 527 g/mol. The highest BCUT2D eigenvalue weighted by atomic mass is 35.5. The highest BCUT2D eigenvalue weighted by Gasteiger charge is 2.41. The molecule has 2 aromatic heterocycles. The van der Waals surface area contributed by atoms with Crippen LogP contribution in [0.3, 0.4) is 0 Å². The smallest absolute Gasteiger partial charge is 0.275 e. The Morgan fingerprint density at radius 2 is 1.84 bits per heavy atom. The number of aryl methyl sites for hydroxylation is 1. The SMILES string of the molecule is CN1C(=O)[C@@H](N2CCc3c(nn(Cc4ccccc4)c3Cl)C2=O)COc2cc(-c3ccn(C)n3)c(Cl)cc21. The van der Waals surface area contributed by atoms with Crippen molar-refractivity contribution in [3.8, 4) is 17.0 Å². The first-order valence-electron chi connectivity index (χ1n) is 12.2. The Kier molecular flexibility index (Phi) is 6.12. The van der Waals surface area contributed by atoms with Crippen LogP contribution in [0.15, 0.2) is 54.7 Å². The molecule has 0 fully saturated rings. The lowest BCUT2D eigenvalue weighted by atomic mass is 10.0. The topological polar surface area (TPSA) is 85.5 Å². The van der Waals surface area contributed by atoms with Crippen LogP contribution in [0, 0.1) is 0 Å². The molecule has 0 bridgehead atoms. The van der Waals surface area contributed by atoms with E-state index in [1.165, 1.54) is 9.80 Å². The lowest BCUT2D eigenvalue weighted by molar-refractivity contribution is -0.123. The van der Waals surface area contributed by atoms with Gasteiger partial charge in [0, 0.05) is 38.0 Å². The quantitative estimate of drug-likeness (QED) is 0.382. The summed E-state index contributed by atoms with van der Waals surface area (Å²) < 4.78 is 9.45. The Bertz CT molecular complexity index is 1560. The predicted octanol–water partition coefficient (Wildman–Crippen LogP) is 4.06. The average molecular weight is 551 g/mol. The molecule has 0 spiro atoms. The Hall–Kier alpha value is -3.82. The number of carbonyl (C=O) groups is 2. The molecule has 2 aliphatic heterocycles. The van der Waals surface area contributed by atoms with Crippen molar-refractivity contribution < 1.29 is 14.3 Å². The molecule has 0 saturated carbocycles. The second-order valence-corrected chi connectivity index (χ2v) is 10.2. The van der Waals surface area contributed by atoms with E-state index in [0.717, 1.165) is 5.56 Å². The number of likely N-dealkylation sites (N-methyl/N-ethyl adjacent to an activating group) is 1. The minimum atomic E-state index is -0.830. The number of nitrogens with zero attached hydrogens (tertiary/aromatic N) is 6. The first kappa shape index (κ1) is 24.5. The molecule has 4 heterocycles. The van der Waals surface area contributed by atoms with E-state index < -0.39 is 6.04 Å². The van der Waals surface area contributed by atoms with Crippen molar-refractivity contribution in [2.24, 2.45) is 7.05 Å². The number of anilines is 1. The van der Waals surface area contributed by atoms with Crippen molar-refractivity contribution in [2.45, 2.75) is 19.0 Å². The van der Waals surface area contributed by atoms with Gasteiger partial charge in [-0.2, -0.15) is 10.2 Å². The molecule has 2 aromatic carbocycles. The maximum Gasteiger partial charge on any atom is 0.275 e. The number of hydrogen-bond acceptors (Lipinski definition) is 5. The third-order valence-corrected chi connectivity index (χ3v) is 7.75. The van der Waals surface area contributed by atoms with E-state index >= 15 is 0 Å². The van der Waals surface area contributed by atoms with Gasteiger partial charge in [-0.1, -0.05) is 53.5 Å². The molecule has 6 rings (SSSR count). The summed E-state index contributed by atoms with van der Waals surface area (Å²) in [7, 11) is 3.48. The molecule has 38 heavy (non-hydrogen) atoms. The highest BCUT2D eigenvalue weighted by molar-refractivity contribution is 6.34. The van der Waals surface area contributed by atoms with Gasteiger partial charge in [-0.15, -0.1) is 0 Å². The molecule has 1 atom stereocenters. The fourth-order valence-electron chi connectivity index (χ4n) is 4.98. The number of halogens is 2. The zero-order valence-electron chi connectivity index (χ0n) is 20.8. The highest BCUT2D eigenvalue weighted by Crippen LogP contribution is 2.40. The van der Waals surface area contributed by atoms with Gasteiger partial charge < -0.3 is 14.5 Å². The molecule has 0 unspecified atom stereocenters. The number of hydrogen-bond donors (Lipinski definition) is 0. The van der Waals surface area contributed by atoms with Crippen molar-refractivity contribution >= 4 is 40.7 Å². The van der Waals surface area contributed by atoms with E-state index in [4.69, 9.17) is 27.9 Å². The first-order valence-corrected chi connectivity index (χ1v) is 12.9. The van der Waals surface area contributed by atoms with Crippen molar-refractivity contribution in [2.75, 3.05) is 25.1 Å². The Morgan fingerprint density at radius 1 is 1.05 bits per heavy atom. The molecule has 9 nitrogen and oxygen atoms in total. The summed E-state index contributed by atoms with van der Waals surface area (Å²) in [6.07, 6.45) is 2.32. The van der Waals surface area contributed by atoms with Crippen molar-refractivity contribution in [3.63, 3.8) is 0 Å². The van der Waals surface area contributed by atoms with Crippen molar-refractivity contribution in [1.29, 1.82) is 0 Å². The monoisotopic (exact) mass is 550 g/mol. The standard InChI is InChI=1S/C27H24Cl2N6O3/c1-32-10-9-20(30-32)18-12-23-21(13-19(18)28)33(2)26(36)22(15-38-23)34-11-8-17-24(27(34)37)31-35(25(17)29)14-16-6-4-3-5-7-16/h3-7,9-10,12-13,22H,8,11,14-15H2,1-2H3/t22-/m0/s1. The van der Waals surface area contributed by atoms with Gasteiger partial charge >= 0.3 is 0 Å². The van der Waals surface area contributed by atoms with Crippen molar-refractivity contribution in [1.82, 2.24) is 24.5 Å². The molecular formula is C27H24Cl2N6O3. The van der Waals surface area contributed by atoms with Gasteiger partial charge in [0.15, 0.2) is 5.69 Å². The maximum absolute atomic E-state index is 13.6. The normalized spacial score (nSPS) is 17.2. The maximum atomic E-state index is 13.6. The second kappa shape index (κ2) is 9.49. The second-order valence-electron chi connectivity index (χ2n) is 9.41. The van der Waals surface area contributed by atoms with Gasteiger partial charge in [-0.05, 0) is 30.2 Å². The number of rotatable bonds is 4. The number of ether oxygens (including phenoxy) is 1. The lowest BCUT2D eigenvalue weighted by Gasteiger charge is -2.33. The molecule has 11 heteroatoms. The predicted molar refractivity (Wildman–Crippen MR) is 144 cm³/mol. The minimum Gasteiger partial charge on any atom is -0.489 e. The van der Waals surface area contributed by atoms with Gasteiger partial charge in [-0.25, -0.2) is 4.68 Å². The summed E-state index contributed by atoms with van der Waals surface area (Å²) in [6, 6.07) is 14.3. The number of amides is 2. The zero-order chi connectivity index (χ0) is 26.6. The lowest BCUT2D eigenvalue weighted by Crippen LogP contribution is -2.54. The van der Waals surface area contributed by atoms with Crippen LogP contribution in [0.5, 0.6) is 5.75 Å². The number of fused-ring (bicyclic) bond motifs is 2. The van der Waals surface area contributed by atoms with E-state index in [0.29, 0.717) is 57.9 Å². The van der Waals surface area contributed by atoms with E-state index in [1.807, 2.05) is 49.6 Å². The summed E-state index contributed by atoms with van der Waals surface area (Å²) in [5, 5.41) is 9.86. The van der Waals surface area contributed by atoms with Crippen LogP contribution in [0.2, 0.25) is 10.2 Å². The van der Waals surface area contributed by atoms with Crippen LogP contribution in [-0.4, -0.2) is 62.5 Å². The van der Waals surface area contributed by atoms with Crippen LogP contribution < -0.4 is 9.64 Å². The summed E-state index contributed by atoms with van der Waals surface area (Å²) in [5.74, 6) is -0.112. The van der Waals surface area contributed by atoms with Gasteiger partial charge in [0.25, 0.3) is 11.8 Å². The van der Waals surface area contributed by atoms with Crippen LogP contribution in [0.1, 0.15) is 21.6 Å². The molecule has 2 aliphatic rings. The zero-order valence-corrected chi connectivity index (χ0v) is 22.3. The largest absolute Gasteiger partial charge is 0.489 e. The fourth-order valence-corrected chi connectivity index (χ4v) is 5.52. The van der Waals surface area contributed by atoms with E-state index in [-0.39, 0.29) is 24.1 Å².